The second-order valence-electron chi connectivity index (χ2n) is 5.06. The lowest BCUT2D eigenvalue weighted by Gasteiger charge is -2.19. The third-order valence-electron chi connectivity index (χ3n) is 3.09. The normalized spacial score (nSPS) is 13.5. The zero-order chi connectivity index (χ0) is 23.4. The molecule has 0 aromatic heterocycles. The van der Waals surface area contributed by atoms with Crippen molar-refractivity contribution in [3.05, 3.63) is 30.0 Å². The summed E-state index contributed by atoms with van der Waals surface area (Å²) in [6.45, 7) is 0. The van der Waals surface area contributed by atoms with Crippen LogP contribution in [-0.2, 0) is 20.2 Å². The van der Waals surface area contributed by atoms with E-state index >= 15 is 0 Å². The van der Waals surface area contributed by atoms with Gasteiger partial charge < -0.3 is 8.37 Å². The second kappa shape index (κ2) is 8.24. The molecule has 0 fully saturated rings. The number of rotatable bonds is 4. The van der Waals surface area contributed by atoms with Crippen LogP contribution in [0.5, 0.6) is 11.5 Å². The van der Waals surface area contributed by atoms with Gasteiger partial charge in [0.05, 0.1) is 8.95 Å². The molecule has 0 unspecified atom stereocenters. The van der Waals surface area contributed by atoms with Crippen LogP contribution in [0.3, 0.4) is 0 Å². The van der Waals surface area contributed by atoms with E-state index in [0.717, 1.165) is 0 Å². The van der Waals surface area contributed by atoms with E-state index in [1.54, 1.807) is 0 Å². The lowest BCUT2D eigenvalue weighted by Crippen LogP contribution is -2.30. The first-order valence-corrected chi connectivity index (χ1v) is 12.6. The Kier molecular flexibility index (Phi) is 7.13. The van der Waals surface area contributed by atoms with Crippen LogP contribution in [0.25, 0.3) is 10.8 Å². The van der Waals surface area contributed by atoms with E-state index in [-0.39, 0.29) is 10.8 Å². The van der Waals surface area contributed by atoms with Gasteiger partial charge in [0, 0.05) is 19.7 Å². The minimum absolute atomic E-state index is 0.0684. The van der Waals surface area contributed by atoms with E-state index in [0.29, 0.717) is 8.95 Å². The zero-order valence-electron chi connectivity index (χ0n) is 13.2. The Morgan fingerprint density at radius 2 is 0.900 bits per heavy atom. The van der Waals surface area contributed by atoms with Gasteiger partial charge in [-0.25, -0.2) is 0 Å². The van der Waals surface area contributed by atoms with Crippen LogP contribution in [0.15, 0.2) is 30.0 Å². The molecule has 0 aliphatic rings. The predicted octanol–water partition coefficient (Wildman–Crippen LogP) is 6.35. The summed E-state index contributed by atoms with van der Waals surface area (Å²) in [6, 6.07) is 2.48. The van der Waals surface area contributed by atoms with Gasteiger partial charge in [0.25, 0.3) is 0 Å². The first kappa shape index (κ1) is 26.0. The molecule has 168 valence electrons. The van der Waals surface area contributed by atoms with E-state index in [1.807, 2.05) is 0 Å². The van der Waals surface area contributed by atoms with Gasteiger partial charge in [-0.05, 0) is 75.9 Å². The fraction of sp³-hybridized carbons (Fsp3) is 0.167. The van der Waals surface area contributed by atoms with E-state index in [4.69, 9.17) is 0 Å². The number of benzene rings is 2. The van der Waals surface area contributed by atoms with Gasteiger partial charge in [-0.1, -0.05) is 0 Å². The molecule has 0 spiro atoms. The molecule has 2 aromatic rings. The molecule has 0 amide bonds. The third kappa shape index (κ3) is 4.87. The van der Waals surface area contributed by atoms with E-state index in [2.05, 4.69) is 72.1 Å². The molecule has 2 rings (SSSR count). The number of hydrogen-bond donors (Lipinski definition) is 0. The average molecular weight is 740 g/mol. The molecule has 30 heavy (non-hydrogen) atoms. The molecule has 2 aromatic carbocycles. The maximum absolute atomic E-state index is 12.7. The van der Waals surface area contributed by atoms with Crippen LogP contribution in [0.4, 0.5) is 26.3 Å². The van der Waals surface area contributed by atoms with Crippen molar-refractivity contribution < 1.29 is 51.5 Å². The van der Waals surface area contributed by atoms with Crippen molar-refractivity contribution in [3.63, 3.8) is 0 Å². The Morgan fingerprint density at radius 1 is 0.633 bits per heavy atom. The predicted molar refractivity (Wildman–Crippen MR) is 106 cm³/mol. The van der Waals surface area contributed by atoms with Crippen molar-refractivity contribution in [2.75, 3.05) is 0 Å². The molecule has 0 bridgehead atoms. The van der Waals surface area contributed by atoms with Crippen LogP contribution in [-0.4, -0.2) is 27.9 Å². The molecule has 18 heteroatoms. The highest BCUT2D eigenvalue weighted by atomic mass is 79.9. The Bertz CT molecular complexity index is 1140. The first-order chi connectivity index (χ1) is 13.3. The molecule has 0 saturated heterocycles. The van der Waals surface area contributed by atoms with E-state index in [1.165, 1.54) is 12.1 Å². The topological polar surface area (TPSA) is 86.7 Å². The molecule has 0 saturated carbocycles. The highest BCUT2D eigenvalue weighted by Gasteiger charge is 2.51. The van der Waals surface area contributed by atoms with Gasteiger partial charge in [-0.3, -0.25) is 0 Å². The molecule has 0 radical (unpaired) electrons. The summed E-state index contributed by atoms with van der Waals surface area (Å²) in [6.07, 6.45) is 0. The molecular formula is C12H2Br4F6O6S2. The lowest BCUT2D eigenvalue weighted by atomic mass is 10.1. The molecule has 0 heterocycles. The molecule has 0 atom stereocenters. The first-order valence-electron chi connectivity index (χ1n) is 6.61. The van der Waals surface area contributed by atoms with Gasteiger partial charge in [0.2, 0.25) is 11.5 Å². The SMILES string of the molecule is O=S(=O)(Oc1c(OS(=O)(=O)C(F)(F)F)c(Br)c2cc(Br)c(Br)cc2c1Br)C(F)(F)F. The van der Waals surface area contributed by atoms with Crippen LogP contribution < -0.4 is 8.37 Å². The second-order valence-corrected chi connectivity index (χ2v) is 11.4. The van der Waals surface area contributed by atoms with Crippen molar-refractivity contribution >= 4 is 94.7 Å². The summed E-state index contributed by atoms with van der Waals surface area (Å²) in [7, 11) is -12.8. The Morgan fingerprint density at radius 3 is 1.13 bits per heavy atom. The fourth-order valence-corrected chi connectivity index (χ4v) is 4.84. The van der Waals surface area contributed by atoms with Crippen molar-refractivity contribution in [3.8, 4) is 11.5 Å². The van der Waals surface area contributed by atoms with E-state index < -0.39 is 51.7 Å². The van der Waals surface area contributed by atoms with Crippen molar-refractivity contribution in [1.82, 2.24) is 0 Å². The smallest absolute Gasteiger partial charge is 0.371 e. The number of alkyl halides is 6. The molecule has 6 nitrogen and oxygen atoms in total. The van der Waals surface area contributed by atoms with Gasteiger partial charge >= 0.3 is 31.3 Å². The average Bonchev–Trinajstić information content (AvgIpc) is 2.55. The summed E-state index contributed by atoms with van der Waals surface area (Å²) in [4.78, 5) is 0. The third-order valence-corrected chi connectivity index (χ3v) is 8.42. The van der Waals surface area contributed by atoms with Gasteiger partial charge in [0.15, 0.2) is 0 Å². The number of hydrogen-bond acceptors (Lipinski definition) is 6. The quantitative estimate of drug-likeness (QED) is 0.207. The molecule has 0 aliphatic heterocycles. The van der Waals surface area contributed by atoms with Crippen molar-refractivity contribution in [1.29, 1.82) is 0 Å². The Hall–Kier alpha value is -0.300. The largest absolute Gasteiger partial charge is 0.534 e. The maximum atomic E-state index is 12.7. The molecule has 0 N–H and O–H groups in total. The van der Waals surface area contributed by atoms with Gasteiger partial charge in [0.1, 0.15) is 0 Å². The summed E-state index contributed by atoms with van der Waals surface area (Å²) >= 11 is 11.6. The van der Waals surface area contributed by atoms with E-state index in [9.17, 15) is 43.2 Å². The summed E-state index contributed by atoms with van der Waals surface area (Å²) in [5.41, 5.74) is -12.0. The highest BCUT2D eigenvalue weighted by Crippen LogP contribution is 2.51. The lowest BCUT2D eigenvalue weighted by molar-refractivity contribution is -0.0513. The monoisotopic (exact) mass is 736 g/mol. The van der Waals surface area contributed by atoms with Crippen molar-refractivity contribution in [2.24, 2.45) is 0 Å². The Labute approximate surface area is 197 Å². The van der Waals surface area contributed by atoms with Crippen LogP contribution in [0.1, 0.15) is 0 Å². The minimum Gasteiger partial charge on any atom is -0.371 e. The standard InChI is InChI=1S/C12H2Br4F6O6S2/c13-5-1-3-4(2-6(5)14)8(16)10(28-30(25,26)12(20,21)22)9(7(3)15)27-29(23,24)11(17,18)19/h1-2H. The summed E-state index contributed by atoms with van der Waals surface area (Å²) in [5, 5.41) is -0.137. The molecular weight excluding hydrogens is 738 g/mol. The summed E-state index contributed by atoms with van der Waals surface area (Å²) in [5.74, 6) is -2.96. The van der Waals surface area contributed by atoms with Gasteiger partial charge in [-0.2, -0.15) is 43.2 Å². The van der Waals surface area contributed by atoms with Crippen LogP contribution in [0, 0.1) is 0 Å². The van der Waals surface area contributed by atoms with Crippen LogP contribution >= 0.6 is 63.7 Å². The number of fused-ring (bicyclic) bond motifs is 1. The van der Waals surface area contributed by atoms with Crippen LogP contribution in [0.2, 0.25) is 0 Å². The Balaban J connectivity index is 2.95. The minimum atomic E-state index is -6.42. The molecule has 0 aliphatic carbocycles. The number of halogens is 10. The fourth-order valence-electron chi connectivity index (χ4n) is 1.82. The maximum Gasteiger partial charge on any atom is 0.534 e. The van der Waals surface area contributed by atoms with Gasteiger partial charge in [-0.15, -0.1) is 0 Å². The highest BCUT2D eigenvalue weighted by molar-refractivity contribution is 9.13. The van der Waals surface area contributed by atoms with Crippen molar-refractivity contribution in [2.45, 2.75) is 11.0 Å². The summed E-state index contributed by atoms with van der Waals surface area (Å²) < 4.78 is 129. The zero-order valence-corrected chi connectivity index (χ0v) is 21.2.